The third kappa shape index (κ3) is 5.13. The fourth-order valence-corrected chi connectivity index (χ4v) is 2.61. The van der Waals surface area contributed by atoms with Crippen LogP contribution in [0, 0.1) is 13.8 Å². The molecule has 0 aliphatic carbocycles. The number of halogens is 1. The van der Waals surface area contributed by atoms with Gasteiger partial charge in [0.1, 0.15) is 11.5 Å². The van der Waals surface area contributed by atoms with E-state index < -0.39 is 6.10 Å². The molecule has 1 N–H and O–H groups in total. The van der Waals surface area contributed by atoms with Crippen LogP contribution in [0.2, 0.25) is 5.02 Å². The maximum absolute atomic E-state index is 12.3. The van der Waals surface area contributed by atoms with E-state index in [1.807, 2.05) is 57.2 Å². The van der Waals surface area contributed by atoms with Gasteiger partial charge in [-0.2, -0.15) is 0 Å². The van der Waals surface area contributed by atoms with Gasteiger partial charge in [0.25, 0.3) is 5.91 Å². The molecular weight excluding hydrogens is 338 g/mol. The number of hydrogen-bond donors (Lipinski definition) is 1. The summed E-state index contributed by atoms with van der Waals surface area (Å²) in [6, 6.07) is 11.3. The molecule has 0 bridgehead atoms. The Labute approximate surface area is 154 Å². The molecule has 4 nitrogen and oxygen atoms in total. The molecule has 2 aromatic rings. The van der Waals surface area contributed by atoms with Crippen LogP contribution < -0.4 is 14.8 Å². The second kappa shape index (κ2) is 8.77. The number of rotatable bonds is 7. The van der Waals surface area contributed by atoms with Crippen molar-refractivity contribution in [2.75, 3.05) is 6.61 Å². The first-order chi connectivity index (χ1) is 11.9. The van der Waals surface area contributed by atoms with Crippen molar-refractivity contribution in [2.45, 2.75) is 40.3 Å². The van der Waals surface area contributed by atoms with E-state index in [9.17, 15) is 4.79 Å². The number of hydrogen-bond acceptors (Lipinski definition) is 3. The molecule has 2 rings (SSSR count). The number of ether oxygens (including phenoxy) is 2. The van der Waals surface area contributed by atoms with Crippen molar-refractivity contribution >= 4 is 17.5 Å². The summed E-state index contributed by atoms with van der Waals surface area (Å²) in [6.45, 7) is 8.46. The highest BCUT2D eigenvalue weighted by Gasteiger charge is 2.16. The van der Waals surface area contributed by atoms with Crippen LogP contribution in [0.15, 0.2) is 36.4 Å². The second-order valence-corrected chi connectivity index (χ2v) is 6.27. The largest absolute Gasteiger partial charge is 0.494 e. The zero-order valence-electron chi connectivity index (χ0n) is 15.1. The minimum atomic E-state index is -0.612. The summed E-state index contributed by atoms with van der Waals surface area (Å²) in [5.41, 5.74) is 2.79. The van der Waals surface area contributed by atoms with Crippen molar-refractivity contribution in [3.8, 4) is 11.5 Å². The van der Waals surface area contributed by atoms with Crippen LogP contribution in [-0.2, 0) is 11.3 Å². The highest BCUT2D eigenvalue weighted by molar-refractivity contribution is 6.32. The number of carbonyl (C=O) groups is 1. The third-order valence-corrected chi connectivity index (χ3v) is 4.41. The van der Waals surface area contributed by atoms with Gasteiger partial charge in [-0.3, -0.25) is 4.79 Å². The van der Waals surface area contributed by atoms with Crippen LogP contribution >= 0.6 is 11.6 Å². The van der Waals surface area contributed by atoms with Gasteiger partial charge in [-0.1, -0.05) is 29.8 Å². The van der Waals surface area contributed by atoms with E-state index in [1.165, 1.54) is 0 Å². The Bertz CT molecular complexity index is 722. The van der Waals surface area contributed by atoms with Gasteiger partial charge >= 0.3 is 0 Å². The molecule has 25 heavy (non-hydrogen) atoms. The first-order valence-electron chi connectivity index (χ1n) is 8.34. The topological polar surface area (TPSA) is 47.6 Å². The molecule has 1 amide bonds. The monoisotopic (exact) mass is 361 g/mol. The van der Waals surface area contributed by atoms with Gasteiger partial charge in [-0.05, 0) is 57.0 Å². The van der Waals surface area contributed by atoms with Gasteiger partial charge in [0.05, 0.1) is 6.61 Å². The molecule has 0 heterocycles. The lowest BCUT2D eigenvalue weighted by molar-refractivity contribution is -0.127. The molecule has 0 aromatic heterocycles. The first kappa shape index (κ1) is 19.1. The molecule has 0 radical (unpaired) electrons. The second-order valence-electron chi connectivity index (χ2n) is 5.89. The van der Waals surface area contributed by atoms with Crippen molar-refractivity contribution in [1.82, 2.24) is 5.32 Å². The van der Waals surface area contributed by atoms with Crippen molar-refractivity contribution in [3.63, 3.8) is 0 Å². The number of benzene rings is 2. The van der Waals surface area contributed by atoms with Crippen LogP contribution in [0.25, 0.3) is 0 Å². The van der Waals surface area contributed by atoms with Gasteiger partial charge < -0.3 is 14.8 Å². The van der Waals surface area contributed by atoms with E-state index in [-0.39, 0.29) is 5.91 Å². The molecule has 0 fully saturated rings. The molecule has 5 heteroatoms. The molecule has 134 valence electrons. The Kier molecular flexibility index (Phi) is 6.71. The first-order valence-corrected chi connectivity index (χ1v) is 8.72. The van der Waals surface area contributed by atoms with E-state index >= 15 is 0 Å². The Balaban J connectivity index is 1.97. The average molecular weight is 362 g/mol. The minimum Gasteiger partial charge on any atom is -0.494 e. The number of para-hydroxylation sites is 1. The highest BCUT2D eigenvalue weighted by atomic mass is 35.5. The lowest BCUT2D eigenvalue weighted by atomic mass is 10.1. The maximum Gasteiger partial charge on any atom is 0.261 e. The molecular formula is C20H24ClNO3. The Morgan fingerprint density at radius 1 is 1.20 bits per heavy atom. The SMILES string of the molecule is CCOc1ccccc1CNC(=O)[C@@H](C)Oc1cc(C)c(Cl)c(C)c1. The van der Waals surface area contributed by atoms with E-state index in [2.05, 4.69) is 5.32 Å². The predicted octanol–water partition coefficient (Wildman–Crippen LogP) is 4.44. The van der Waals surface area contributed by atoms with Crippen molar-refractivity contribution in [2.24, 2.45) is 0 Å². The molecule has 0 aliphatic heterocycles. The lowest BCUT2D eigenvalue weighted by Crippen LogP contribution is -2.36. The molecule has 0 spiro atoms. The van der Waals surface area contributed by atoms with E-state index in [0.717, 1.165) is 27.5 Å². The van der Waals surface area contributed by atoms with Gasteiger partial charge in [0, 0.05) is 17.1 Å². The van der Waals surface area contributed by atoms with Crippen molar-refractivity contribution in [1.29, 1.82) is 0 Å². The summed E-state index contributed by atoms with van der Waals surface area (Å²) in [4.78, 5) is 12.3. The van der Waals surface area contributed by atoms with Crippen molar-refractivity contribution < 1.29 is 14.3 Å². The summed E-state index contributed by atoms with van der Waals surface area (Å²) in [6.07, 6.45) is -0.612. The zero-order chi connectivity index (χ0) is 18.4. The fourth-order valence-electron chi connectivity index (χ4n) is 2.50. The number of nitrogens with one attached hydrogen (secondary N) is 1. The molecule has 0 unspecified atom stereocenters. The van der Waals surface area contributed by atoms with E-state index in [0.29, 0.717) is 18.9 Å². The maximum atomic E-state index is 12.3. The van der Waals surface area contributed by atoms with Crippen LogP contribution in [0.1, 0.15) is 30.5 Å². The zero-order valence-corrected chi connectivity index (χ0v) is 15.8. The average Bonchev–Trinajstić information content (AvgIpc) is 2.58. The third-order valence-electron chi connectivity index (χ3n) is 3.82. The van der Waals surface area contributed by atoms with Gasteiger partial charge in [-0.25, -0.2) is 0 Å². The molecule has 0 saturated heterocycles. The predicted molar refractivity (Wildman–Crippen MR) is 100 cm³/mol. The van der Waals surface area contributed by atoms with Gasteiger partial charge in [-0.15, -0.1) is 0 Å². The lowest BCUT2D eigenvalue weighted by Gasteiger charge is -2.17. The molecule has 0 aliphatic rings. The van der Waals surface area contributed by atoms with Crippen LogP contribution in [0.3, 0.4) is 0 Å². The van der Waals surface area contributed by atoms with E-state index in [1.54, 1.807) is 6.92 Å². The fraction of sp³-hybridized carbons (Fsp3) is 0.350. The summed E-state index contributed by atoms with van der Waals surface area (Å²) < 4.78 is 11.3. The van der Waals surface area contributed by atoms with Crippen LogP contribution in [0.5, 0.6) is 11.5 Å². The smallest absolute Gasteiger partial charge is 0.261 e. The quantitative estimate of drug-likeness (QED) is 0.793. The number of amides is 1. The minimum absolute atomic E-state index is 0.184. The molecule has 1 atom stereocenters. The van der Waals surface area contributed by atoms with E-state index in [4.69, 9.17) is 21.1 Å². The highest BCUT2D eigenvalue weighted by Crippen LogP contribution is 2.26. The van der Waals surface area contributed by atoms with Crippen molar-refractivity contribution in [3.05, 3.63) is 58.1 Å². The summed E-state index contributed by atoms with van der Waals surface area (Å²) >= 11 is 6.16. The Morgan fingerprint density at radius 2 is 1.84 bits per heavy atom. The summed E-state index contributed by atoms with van der Waals surface area (Å²) in [5.74, 6) is 1.23. The summed E-state index contributed by atoms with van der Waals surface area (Å²) in [5, 5.41) is 3.61. The normalized spacial score (nSPS) is 11.7. The van der Waals surface area contributed by atoms with Gasteiger partial charge in [0.15, 0.2) is 6.10 Å². The summed E-state index contributed by atoms with van der Waals surface area (Å²) in [7, 11) is 0. The molecule has 0 saturated carbocycles. The Morgan fingerprint density at radius 3 is 2.48 bits per heavy atom. The van der Waals surface area contributed by atoms with Crippen LogP contribution in [-0.4, -0.2) is 18.6 Å². The standard InChI is InChI=1S/C20H24ClNO3/c1-5-24-18-9-7-6-8-16(18)12-22-20(23)15(4)25-17-10-13(2)19(21)14(3)11-17/h6-11,15H,5,12H2,1-4H3,(H,22,23)/t15-/m1/s1. The number of aryl methyl sites for hydroxylation is 2. The van der Waals surface area contributed by atoms with Crippen LogP contribution in [0.4, 0.5) is 0 Å². The molecule has 2 aromatic carbocycles. The number of carbonyl (C=O) groups excluding carboxylic acids is 1. The van der Waals surface area contributed by atoms with Gasteiger partial charge in [0.2, 0.25) is 0 Å². The Hall–Kier alpha value is -2.20.